The quantitative estimate of drug-likeness (QED) is 0.487. The van der Waals surface area contributed by atoms with Crippen LogP contribution in [0.15, 0.2) is 40.0 Å². The molecule has 0 spiro atoms. The monoisotopic (exact) mass is 379 g/mol. The molecule has 0 saturated heterocycles. The summed E-state index contributed by atoms with van der Waals surface area (Å²) in [5.74, 6) is 0.423. The molecule has 7 heteroatoms. The van der Waals surface area contributed by atoms with E-state index in [1.165, 1.54) is 6.07 Å². The van der Waals surface area contributed by atoms with E-state index in [-0.39, 0.29) is 5.75 Å². The van der Waals surface area contributed by atoms with E-state index in [0.717, 1.165) is 11.1 Å². The van der Waals surface area contributed by atoms with Crippen molar-refractivity contribution in [1.82, 2.24) is 10.6 Å². The molecule has 0 aliphatic carbocycles. The summed E-state index contributed by atoms with van der Waals surface area (Å²) in [4.78, 5) is 4.46. The molecule has 142 valence electrons. The summed E-state index contributed by atoms with van der Waals surface area (Å²) in [6, 6.07) is 6.74. The highest BCUT2D eigenvalue weighted by molar-refractivity contribution is 7.08. The number of rotatable bonds is 8. The van der Waals surface area contributed by atoms with Gasteiger partial charge in [-0.15, -0.1) is 0 Å². The van der Waals surface area contributed by atoms with Crippen molar-refractivity contribution < 1.29 is 14.2 Å². The van der Waals surface area contributed by atoms with Gasteiger partial charge in [-0.05, 0) is 60.9 Å². The predicted molar refractivity (Wildman–Crippen MR) is 104 cm³/mol. The van der Waals surface area contributed by atoms with Crippen molar-refractivity contribution in [3.05, 3.63) is 52.0 Å². The van der Waals surface area contributed by atoms with Gasteiger partial charge in [-0.1, -0.05) is 6.07 Å². The Hall–Kier alpha value is -2.12. The average molecular weight is 380 g/mol. The topological polar surface area (TPSA) is 65.9 Å². The highest BCUT2D eigenvalue weighted by Gasteiger charge is 2.23. The summed E-state index contributed by atoms with van der Waals surface area (Å²) >= 11 is 1.54. The van der Waals surface area contributed by atoms with Crippen molar-refractivity contribution in [2.75, 3.05) is 19.7 Å². The van der Waals surface area contributed by atoms with E-state index in [4.69, 9.17) is 4.74 Å². The van der Waals surface area contributed by atoms with Crippen LogP contribution in [0.25, 0.3) is 0 Å². The summed E-state index contributed by atoms with van der Waals surface area (Å²) in [6.45, 7) is 7.28. The summed E-state index contributed by atoms with van der Waals surface area (Å²) in [5, 5.41) is 20.7. The maximum Gasteiger partial charge on any atom is 0.191 e. The van der Waals surface area contributed by atoms with Gasteiger partial charge in [-0.25, -0.2) is 9.38 Å². The van der Waals surface area contributed by atoms with Gasteiger partial charge in [0.1, 0.15) is 5.60 Å². The van der Waals surface area contributed by atoms with Gasteiger partial charge in [0, 0.05) is 6.54 Å². The van der Waals surface area contributed by atoms with Crippen LogP contribution in [0.1, 0.15) is 31.9 Å². The van der Waals surface area contributed by atoms with Crippen LogP contribution in [-0.4, -0.2) is 30.8 Å². The molecule has 26 heavy (non-hydrogen) atoms. The minimum absolute atomic E-state index is 0.247. The second-order valence-corrected chi connectivity index (χ2v) is 6.81. The van der Waals surface area contributed by atoms with Crippen molar-refractivity contribution in [1.29, 1.82) is 0 Å². The van der Waals surface area contributed by atoms with Crippen molar-refractivity contribution in [2.45, 2.75) is 32.9 Å². The van der Waals surface area contributed by atoms with E-state index >= 15 is 0 Å². The Bertz CT molecular complexity index is 718. The van der Waals surface area contributed by atoms with Gasteiger partial charge in [-0.2, -0.15) is 11.3 Å². The number of benzene rings is 1. The number of thiophene rings is 1. The third kappa shape index (κ3) is 5.71. The van der Waals surface area contributed by atoms with E-state index < -0.39 is 11.4 Å². The van der Waals surface area contributed by atoms with Crippen LogP contribution in [-0.2, 0) is 12.1 Å². The maximum absolute atomic E-state index is 13.9. The normalized spacial score (nSPS) is 14.0. The minimum atomic E-state index is -0.999. The molecular formula is C19H26FN3O2S. The van der Waals surface area contributed by atoms with Crippen LogP contribution in [0.5, 0.6) is 5.75 Å². The van der Waals surface area contributed by atoms with Crippen molar-refractivity contribution in [3.63, 3.8) is 0 Å². The second-order valence-electron chi connectivity index (χ2n) is 6.03. The fourth-order valence-corrected chi connectivity index (χ4v) is 3.14. The molecule has 0 bridgehead atoms. The molecule has 1 aromatic carbocycles. The van der Waals surface area contributed by atoms with Crippen LogP contribution < -0.4 is 15.4 Å². The first-order chi connectivity index (χ1) is 12.5. The van der Waals surface area contributed by atoms with Gasteiger partial charge in [0.25, 0.3) is 0 Å². The van der Waals surface area contributed by atoms with Gasteiger partial charge < -0.3 is 20.5 Å². The van der Waals surface area contributed by atoms with Crippen LogP contribution in [0, 0.1) is 5.82 Å². The largest absolute Gasteiger partial charge is 0.491 e. The standard InChI is InChI=1S/C19H26FN3O2S/c1-4-21-18(23-13-19(3,24)15-8-9-26-12-15)22-11-14-6-7-17(25-5-2)16(20)10-14/h6-10,12,24H,4-5,11,13H2,1-3H3,(H2,21,22,23). The Balaban J connectivity index is 2.01. The van der Waals surface area contributed by atoms with E-state index in [0.29, 0.717) is 32.2 Å². The molecule has 3 N–H and O–H groups in total. The third-order valence-electron chi connectivity index (χ3n) is 3.80. The zero-order valence-electron chi connectivity index (χ0n) is 15.4. The highest BCUT2D eigenvalue weighted by atomic mass is 32.1. The van der Waals surface area contributed by atoms with E-state index in [1.807, 2.05) is 30.7 Å². The molecule has 1 heterocycles. The number of aliphatic hydroxyl groups is 1. The van der Waals surface area contributed by atoms with Gasteiger partial charge in [-0.3, -0.25) is 0 Å². The lowest BCUT2D eigenvalue weighted by Crippen LogP contribution is -2.44. The average Bonchev–Trinajstić information content (AvgIpc) is 3.15. The van der Waals surface area contributed by atoms with Gasteiger partial charge >= 0.3 is 0 Å². The molecule has 0 amide bonds. The molecule has 5 nitrogen and oxygen atoms in total. The van der Waals surface area contributed by atoms with Crippen LogP contribution >= 0.6 is 11.3 Å². The van der Waals surface area contributed by atoms with Gasteiger partial charge in [0.05, 0.1) is 19.7 Å². The number of aliphatic imine (C=N–C) groups is 1. The zero-order chi connectivity index (χ0) is 19.0. The molecule has 0 aliphatic heterocycles. The van der Waals surface area contributed by atoms with Crippen molar-refractivity contribution in [2.24, 2.45) is 4.99 Å². The minimum Gasteiger partial charge on any atom is -0.491 e. The molecule has 0 radical (unpaired) electrons. The summed E-state index contributed by atoms with van der Waals surface area (Å²) in [6.07, 6.45) is 0. The first-order valence-corrected chi connectivity index (χ1v) is 9.59. The number of hydrogen-bond donors (Lipinski definition) is 3. The Morgan fingerprint density at radius 1 is 1.31 bits per heavy atom. The predicted octanol–water partition coefficient (Wildman–Crippen LogP) is 3.25. The maximum atomic E-state index is 13.9. The summed E-state index contributed by atoms with van der Waals surface area (Å²) in [5.41, 5.74) is 0.605. The van der Waals surface area contributed by atoms with Crippen LogP contribution in [0.4, 0.5) is 4.39 Å². The number of hydrogen-bond acceptors (Lipinski definition) is 4. The fraction of sp³-hybridized carbons (Fsp3) is 0.421. The van der Waals surface area contributed by atoms with Crippen molar-refractivity contribution >= 4 is 17.3 Å². The van der Waals surface area contributed by atoms with Crippen molar-refractivity contribution in [3.8, 4) is 5.75 Å². The lowest BCUT2D eigenvalue weighted by Gasteiger charge is -2.24. The first-order valence-electron chi connectivity index (χ1n) is 8.64. The number of nitrogens with one attached hydrogen (secondary N) is 2. The number of halogens is 1. The SMILES string of the molecule is CCNC(=NCc1ccc(OCC)c(F)c1)NCC(C)(O)c1ccsc1. The molecule has 0 aliphatic rings. The third-order valence-corrected chi connectivity index (χ3v) is 4.49. The molecule has 2 rings (SSSR count). The molecular weight excluding hydrogens is 353 g/mol. The Labute approximate surface area is 157 Å². The first kappa shape index (κ1) is 20.2. The van der Waals surface area contributed by atoms with Crippen LogP contribution in [0.2, 0.25) is 0 Å². The molecule has 0 saturated carbocycles. The Kier molecular flexibility index (Phi) is 7.41. The van der Waals surface area contributed by atoms with E-state index in [9.17, 15) is 9.50 Å². The molecule has 0 fully saturated rings. The Morgan fingerprint density at radius 3 is 2.73 bits per heavy atom. The zero-order valence-corrected chi connectivity index (χ0v) is 16.2. The van der Waals surface area contributed by atoms with E-state index in [1.54, 1.807) is 30.4 Å². The second kappa shape index (κ2) is 9.54. The molecule has 1 aromatic heterocycles. The Morgan fingerprint density at radius 2 is 2.12 bits per heavy atom. The molecule has 1 unspecified atom stereocenters. The summed E-state index contributed by atoms with van der Waals surface area (Å²) < 4.78 is 19.1. The number of nitrogens with zero attached hydrogens (tertiary/aromatic N) is 1. The lowest BCUT2D eigenvalue weighted by molar-refractivity contribution is 0.0621. The highest BCUT2D eigenvalue weighted by Crippen LogP contribution is 2.22. The lowest BCUT2D eigenvalue weighted by atomic mass is 9.99. The smallest absolute Gasteiger partial charge is 0.191 e. The molecule has 1 atom stereocenters. The summed E-state index contributed by atoms with van der Waals surface area (Å²) in [7, 11) is 0. The number of ether oxygens (including phenoxy) is 1. The van der Waals surface area contributed by atoms with Gasteiger partial charge in [0.15, 0.2) is 17.5 Å². The van der Waals surface area contributed by atoms with Gasteiger partial charge in [0.2, 0.25) is 0 Å². The van der Waals surface area contributed by atoms with E-state index in [2.05, 4.69) is 15.6 Å². The molecule has 2 aromatic rings. The fourth-order valence-electron chi connectivity index (χ4n) is 2.36. The van der Waals surface area contributed by atoms with Crippen LogP contribution in [0.3, 0.4) is 0 Å². The number of guanidine groups is 1.